The van der Waals surface area contributed by atoms with Crippen LogP contribution in [-0.4, -0.2) is 6.71 Å². The summed E-state index contributed by atoms with van der Waals surface area (Å²) >= 11 is 0. The fourth-order valence-corrected chi connectivity index (χ4v) is 7.30. The standard InChI is InChI=1S/C38H36BN/c1-28-14-11-12-25-38(28,2)29-15-13-16-30(26-29)39-36-22-10-9-21-34(36)35-27-33(23-24-37(35)39)40(31-17-5-3-6-18-31)32-19-7-4-8-20-32/h3-10,13,15-24,26-28H,11-12,14,25H2,1-2H3. The number of anilines is 3. The summed E-state index contributed by atoms with van der Waals surface area (Å²) in [7, 11) is 0. The molecule has 2 unspecified atom stereocenters. The lowest BCUT2D eigenvalue weighted by Crippen LogP contribution is -2.49. The van der Waals surface area contributed by atoms with Crippen LogP contribution in [0.1, 0.15) is 45.1 Å². The average molecular weight is 518 g/mol. The predicted molar refractivity (Wildman–Crippen MR) is 173 cm³/mol. The average Bonchev–Trinajstić information content (AvgIpc) is 3.34. The molecule has 0 N–H and O–H groups in total. The van der Waals surface area contributed by atoms with Gasteiger partial charge in [-0.15, -0.1) is 0 Å². The molecule has 0 aromatic heterocycles. The van der Waals surface area contributed by atoms with Crippen LogP contribution >= 0.6 is 0 Å². The van der Waals surface area contributed by atoms with Gasteiger partial charge < -0.3 is 4.90 Å². The van der Waals surface area contributed by atoms with E-state index in [-0.39, 0.29) is 12.1 Å². The molecule has 2 heteroatoms. The number of benzene rings is 5. The molecule has 0 spiro atoms. The van der Waals surface area contributed by atoms with Crippen molar-refractivity contribution < 1.29 is 0 Å². The van der Waals surface area contributed by atoms with Gasteiger partial charge in [0.1, 0.15) is 0 Å². The van der Waals surface area contributed by atoms with Gasteiger partial charge in [0.25, 0.3) is 0 Å². The third-order valence-corrected chi connectivity index (χ3v) is 9.75. The molecule has 0 bridgehead atoms. The molecule has 0 radical (unpaired) electrons. The van der Waals surface area contributed by atoms with Crippen molar-refractivity contribution in [2.24, 2.45) is 5.92 Å². The van der Waals surface area contributed by atoms with E-state index < -0.39 is 0 Å². The molecule has 1 fully saturated rings. The van der Waals surface area contributed by atoms with Crippen LogP contribution in [0.3, 0.4) is 0 Å². The van der Waals surface area contributed by atoms with Crippen molar-refractivity contribution in [1.29, 1.82) is 0 Å². The molecule has 2 aliphatic rings. The Bertz CT molecular complexity index is 1600. The van der Waals surface area contributed by atoms with Crippen molar-refractivity contribution in [3.05, 3.63) is 133 Å². The summed E-state index contributed by atoms with van der Waals surface area (Å²) in [6, 6.07) is 47.1. The van der Waals surface area contributed by atoms with Gasteiger partial charge in [-0.2, -0.15) is 0 Å². The molecular weight excluding hydrogens is 481 g/mol. The van der Waals surface area contributed by atoms with Crippen LogP contribution in [0.25, 0.3) is 11.1 Å². The predicted octanol–water partition coefficient (Wildman–Crippen LogP) is 8.12. The topological polar surface area (TPSA) is 3.24 Å². The van der Waals surface area contributed by atoms with Crippen LogP contribution in [0, 0.1) is 5.92 Å². The van der Waals surface area contributed by atoms with Gasteiger partial charge in [-0.1, -0.05) is 134 Å². The minimum absolute atomic E-state index is 0.254. The van der Waals surface area contributed by atoms with Crippen molar-refractivity contribution in [2.75, 3.05) is 4.90 Å². The van der Waals surface area contributed by atoms with Gasteiger partial charge in [0.05, 0.1) is 0 Å². The molecule has 1 saturated carbocycles. The molecular formula is C38H36BN. The van der Waals surface area contributed by atoms with E-state index in [1.807, 2.05) is 0 Å². The fraction of sp³-hybridized carbons (Fsp3) is 0.211. The number of hydrogen-bond acceptors (Lipinski definition) is 1. The van der Waals surface area contributed by atoms with E-state index in [1.165, 1.54) is 75.8 Å². The van der Waals surface area contributed by atoms with Crippen molar-refractivity contribution in [2.45, 2.75) is 44.9 Å². The molecule has 5 aromatic rings. The Balaban J connectivity index is 1.35. The van der Waals surface area contributed by atoms with E-state index in [1.54, 1.807) is 0 Å². The zero-order valence-electron chi connectivity index (χ0n) is 23.6. The highest BCUT2D eigenvalue weighted by molar-refractivity contribution is 6.99. The van der Waals surface area contributed by atoms with Gasteiger partial charge >= 0.3 is 0 Å². The van der Waals surface area contributed by atoms with E-state index in [2.05, 4.69) is 146 Å². The van der Waals surface area contributed by atoms with E-state index in [0.29, 0.717) is 5.92 Å². The highest BCUT2D eigenvalue weighted by Crippen LogP contribution is 2.43. The second-order valence-electron chi connectivity index (χ2n) is 12.0. The van der Waals surface area contributed by atoms with Crippen molar-refractivity contribution >= 4 is 40.2 Å². The molecule has 0 amide bonds. The van der Waals surface area contributed by atoms with Gasteiger partial charge in [-0.05, 0) is 77.3 Å². The first-order valence-corrected chi connectivity index (χ1v) is 14.9. The normalized spacial score (nSPS) is 19.6. The fourth-order valence-electron chi connectivity index (χ4n) is 7.30. The van der Waals surface area contributed by atoms with E-state index in [0.717, 1.165) is 0 Å². The maximum absolute atomic E-state index is 2.53. The molecule has 40 heavy (non-hydrogen) atoms. The maximum atomic E-state index is 2.53. The maximum Gasteiger partial charge on any atom is 0.242 e. The molecule has 1 heterocycles. The Kier molecular flexibility index (Phi) is 6.35. The minimum Gasteiger partial charge on any atom is -0.310 e. The Hall–Kier alpha value is -4.04. The van der Waals surface area contributed by atoms with Crippen LogP contribution in [-0.2, 0) is 5.41 Å². The van der Waals surface area contributed by atoms with Gasteiger partial charge in [-0.3, -0.25) is 0 Å². The van der Waals surface area contributed by atoms with E-state index in [9.17, 15) is 0 Å². The summed E-state index contributed by atoms with van der Waals surface area (Å²) in [5.74, 6) is 0.712. The van der Waals surface area contributed by atoms with Gasteiger partial charge in [0, 0.05) is 17.1 Å². The Morgan fingerprint density at radius 1 is 0.625 bits per heavy atom. The van der Waals surface area contributed by atoms with Crippen molar-refractivity contribution in [3.8, 4) is 11.1 Å². The van der Waals surface area contributed by atoms with Gasteiger partial charge in [-0.25, -0.2) is 0 Å². The van der Waals surface area contributed by atoms with Crippen molar-refractivity contribution in [1.82, 2.24) is 0 Å². The quantitative estimate of drug-likeness (QED) is 0.209. The minimum atomic E-state index is 0.254. The first-order valence-electron chi connectivity index (χ1n) is 14.9. The van der Waals surface area contributed by atoms with E-state index >= 15 is 0 Å². The van der Waals surface area contributed by atoms with Crippen LogP contribution in [0.4, 0.5) is 17.1 Å². The lowest BCUT2D eigenvalue weighted by Gasteiger charge is -2.40. The first kappa shape index (κ1) is 25.0. The SMILES string of the molecule is CC1CCCCC1(C)c1cccc(B2c3ccccc3-c3cc(N(c4ccccc4)c4ccccc4)ccc32)c1. The summed E-state index contributed by atoms with van der Waals surface area (Å²) in [6.45, 7) is 5.21. The molecule has 1 aliphatic carbocycles. The van der Waals surface area contributed by atoms with Crippen LogP contribution in [0.15, 0.2) is 127 Å². The molecule has 0 saturated heterocycles. The zero-order chi connectivity index (χ0) is 27.1. The second-order valence-corrected chi connectivity index (χ2v) is 12.0. The zero-order valence-corrected chi connectivity index (χ0v) is 23.6. The molecule has 5 aromatic carbocycles. The summed E-state index contributed by atoms with van der Waals surface area (Å²) < 4.78 is 0. The number of para-hydroxylation sites is 2. The molecule has 7 rings (SSSR count). The summed E-state index contributed by atoms with van der Waals surface area (Å²) in [6.07, 6.45) is 5.32. The van der Waals surface area contributed by atoms with Crippen LogP contribution in [0.2, 0.25) is 0 Å². The Labute approximate surface area is 239 Å². The largest absolute Gasteiger partial charge is 0.310 e. The Morgan fingerprint density at radius 2 is 1.30 bits per heavy atom. The van der Waals surface area contributed by atoms with E-state index in [4.69, 9.17) is 0 Å². The van der Waals surface area contributed by atoms with Gasteiger partial charge in [0.2, 0.25) is 6.71 Å². The summed E-state index contributed by atoms with van der Waals surface area (Å²) in [5, 5.41) is 0. The highest BCUT2D eigenvalue weighted by Gasteiger charge is 2.38. The molecule has 1 nitrogen and oxygen atoms in total. The lowest BCUT2D eigenvalue weighted by atomic mass is 9.38. The molecule has 196 valence electrons. The number of nitrogens with zero attached hydrogens (tertiary/aromatic N) is 1. The Morgan fingerprint density at radius 3 is 2.02 bits per heavy atom. The second kappa shape index (κ2) is 10.2. The summed E-state index contributed by atoms with van der Waals surface area (Å²) in [5.41, 5.74) is 12.2. The third kappa shape index (κ3) is 4.18. The first-order chi connectivity index (χ1) is 19.6. The number of fused-ring (bicyclic) bond motifs is 3. The van der Waals surface area contributed by atoms with Crippen LogP contribution < -0.4 is 21.3 Å². The third-order valence-electron chi connectivity index (χ3n) is 9.75. The number of hydrogen-bond donors (Lipinski definition) is 0. The molecule has 2 atom stereocenters. The smallest absolute Gasteiger partial charge is 0.242 e. The van der Waals surface area contributed by atoms with Gasteiger partial charge in [0.15, 0.2) is 0 Å². The highest BCUT2D eigenvalue weighted by atomic mass is 15.1. The monoisotopic (exact) mass is 517 g/mol. The lowest BCUT2D eigenvalue weighted by molar-refractivity contribution is 0.221. The number of rotatable bonds is 5. The summed E-state index contributed by atoms with van der Waals surface area (Å²) in [4.78, 5) is 2.36. The van der Waals surface area contributed by atoms with Crippen molar-refractivity contribution in [3.63, 3.8) is 0 Å². The van der Waals surface area contributed by atoms with Crippen LogP contribution in [0.5, 0.6) is 0 Å². The molecule has 1 aliphatic heterocycles.